The van der Waals surface area contributed by atoms with Crippen LogP contribution in [0.2, 0.25) is 0 Å². The maximum atomic E-state index is 6.14. The Kier molecular flexibility index (Phi) is 5.47. The van der Waals surface area contributed by atoms with Gasteiger partial charge in [0.05, 0.1) is 0 Å². The van der Waals surface area contributed by atoms with Gasteiger partial charge in [0.15, 0.2) is 0 Å². The molecule has 1 atom stereocenters. The molecule has 0 bridgehead atoms. The number of halogens is 1. The first-order chi connectivity index (χ1) is 9.21. The summed E-state index contributed by atoms with van der Waals surface area (Å²) >= 11 is 8.07. The van der Waals surface area contributed by atoms with Crippen LogP contribution in [0.25, 0.3) is 0 Å². The van der Waals surface area contributed by atoms with Gasteiger partial charge in [0, 0.05) is 15.6 Å². The van der Waals surface area contributed by atoms with Crippen molar-refractivity contribution in [3.63, 3.8) is 0 Å². The van der Waals surface area contributed by atoms with Crippen molar-refractivity contribution >= 4 is 22.9 Å². The van der Waals surface area contributed by atoms with Crippen molar-refractivity contribution in [2.45, 2.75) is 33.1 Å². The molecule has 0 fully saturated rings. The minimum absolute atomic E-state index is 0.535. The van der Waals surface area contributed by atoms with Crippen LogP contribution in [0.1, 0.15) is 27.8 Å². The molecular formula is C17H21ClS. The average molecular weight is 293 g/mol. The number of alkyl halides is 1. The Morgan fingerprint density at radius 2 is 1.68 bits per heavy atom. The molecule has 0 aliphatic heterocycles. The normalized spacial score (nSPS) is 12.6. The smallest absolute Gasteiger partial charge is 0.0258 e. The minimum Gasteiger partial charge on any atom is -0.145 e. The first-order valence-electron chi connectivity index (χ1n) is 6.90. The molecule has 0 aliphatic rings. The van der Waals surface area contributed by atoms with Gasteiger partial charge >= 0.3 is 0 Å². The van der Waals surface area contributed by atoms with E-state index in [0.29, 0.717) is 5.92 Å². The third kappa shape index (κ3) is 4.36. The van der Waals surface area contributed by atoms with E-state index >= 15 is 0 Å². The van der Waals surface area contributed by atoms with Gasteiger partial charge in [-0.05, 0) is 49.8 Å². The zero-order chi connectivity index (χ0) is 13.7. The van der Waals surface area contributed by atoms with Crippen molar-refractivity contribution < 1.29 is 0 Å². The van der Waals surface area contributed by atoms with E-state index in [2.05, 4.69) is 50.2 Å². The van der Waals surface area contributed by atoms with Gasteiger partial charge in [-0.25, -0.2) is 0 Å². The Morgan fingerprint density at radius 3 is 2.26 bits per heavy atom. The van der Waals surface area contributed by atoms with Crippen molar-refractivity contribution in [2.24, 2.45) is 5.92 Å². The summed E-state index contributed by atoms with van der Waals surface area (Å²) in [7, 11) is 0. The molecule has 19 heavy (non-hydrogen) atoms. The first kappa shape index (κ1) is 14.6. The molecule has 102 valence electrons. The number of thiophene rings is 1. The van der Waals surface area contributed by atoms with E-state index in [-0.39, 0.29) is 0 Å². The highest BCUT2D eigenvalue weighted by Crippen LogP contribution is 2.23. The van der Waals surface area contributed by atoms with Crippen LogP contribution in [0.3, 0.4) is 0 Å². The molecule has 0 aliphatic carbocycles. The first-order valence-corrected chi connectivity index (χ1v) is 8.25. The molecule has 2 aromatic rings. The molecule has 0 saturated carbocycles. The summed E-state index contributed by atoms with van der Waals surface area (Å²) < 4.78 is 0. The molecule has 1 aromatic heterocycles. The summed E-state index contributed by atoms with van der Waals surface area (Å²) in [5, 5.41) is 0. The Morgan fingerprint density at radius 1 is 1.00 bits per heavy atom. The molecule has 1 unspecified atom stereocenters. The van der Waals surface area contributed by atoms with Crippen molar-refractivity contribution in [1.82, 2.24) is 0 Å². The Bertz CT molecular complexity index is 498. The van der Waals surface area contributed by atoms with Gasteiger partial charge in [-0.1, -0.05) is 36.8 Å². The fourth-order valence-electron chi connectivity index (χ4n) is 2.25. The van der Waals surface area contributed by atoms with Gasteiger partial charge in [0.25, 0.3) is 0 Å². The highest BCUT2D eigenvalue weighted by atomic mass is 35.5. The van der Waals surface area contributed by atoms with E-state index in [4.69, 9.17) is 11.6 Å². The third-order valence-electron chi connectivity index (χ3n) is 3.42. The highest BCUT2D eigenvalue weighted by molar-refractivity contribution is 7.11. The molecule has 0 amide bonds. The van der Waals surface area contributed by atoms with E-state index in [0.717, 1.165) is 25.1 Å². The Hall–Kier alpha value is -0.790. The van der Waals surface area contributed by atoms with Gasteiger partial charge in [-0.2, -0.15) is 0 Å². The maximum Gasteiger partial charge on any atom is 0.0258 e. The van der Waals surface area contributed by atoms with Crippen molar-refractivity contribution in [2.75, 3.05) is 5.88 Å². The molecule has 2 heteroatoms. The number of rotatable bonds is 6. The van der Waals surface area contributed by atoms with Gasteiger partial charge < -0.3 is 0 Å². The van der Waals surface area contributed by atoms with Crippen LogP contribution in [-0.4, -0.2) is 5.88 Å². The summed E-state index contributed by atoms with van der Waals surface area (Å²) in [6, 6.07) is 13.3. The maximum absolute atomic E-state index is 6.14. The van der Waals surface area contributed by atoms with Gasteiger partial charge in [0.2, 0.25) is 0 Å². The molecule has 1 aromatic carbocycles. The Balaban J connectivity index is 1.98. The molecule has 0 radical (unpaired) electrons. The lowest BCUT2D eigenvalue weighted by atomic mass is 9.97. The summed E-state index contributed by atoms with van der Waals surface area (Å²) in [6.07, 6.45) is 3.30. The predicted octanol–water partition coefficient (Wildman–Crippen LogP) is 5.26. The predicted molar refractivity (Wildman–Crippen MR) is 86.5 cm³/mol. The van der Waals surface area contributed by atoms with Crippen molar-refractivity contribution in [3.8, 4) is 0 Å². The van der Waals surface area contributed by atoms with Crippen LogP contribution >= 0.6 is 22.9 Å². The number of hydrogen-bond donors (Lipinski definition) is 0. The van der Waals surface area contributed by atoms with Crippen LogP contribution in [0.5, 0.6) is 0 Å². The van der Waals surface area contributed by atoms with Crippen LogP contribution < -0.4 is 0 Å². The minimum atomic E-state index is 0.535. The zero-order valence-corrected chi connectivity index (χ0v) is 13.2. The quantitative estimate of drug-likeness (QED) is 0.637. The van der Waals surface area contributed by atoms with E-state index in [9.17, 15) is 0 Å². The average Bonchev–Trinajstić information content (AvgIpc) is 2.88. The van der Waals surface area contributed by atoms with E-state index in [1.54, 1.807) is 0 Å². The number of aryl methyl sites for hydroxylation is 2. The molecule has 2 rings (SSSR count). The molecular weight excluding hydrogens is 272 g/mol. The fourth-order valence-corrected chi connectivity index (χ4v) is 3.54. The van der Waals surface area contributed by atoms with Gasteiger partial charge in [-0.15, -0.1) is 22.9 Å². The molecule has 0 nitrogen and oxygen atoms in total. The lowest BCUT2D eigenvalue weighted by molar-refractivity contribution is 0.589. The summed E-state index contributed by atoms with van der Waals surface area (Å²) in [4.78, 5) is 2.94. The summed E-state index contributed by atoms with van der Waals surface area (Å²) in [6.45, 7) is 4.34. The molecule has 0 saturated heterocycles. The van der Waals surface area contributed by atoms with Gasteiger partial charge in [0.1, 0.15) is 0 Å². The van der Waals surface area contributed by atoms with Crippen LogP contribution in [-0.2, 0) is 19.3 Å². The van der Waals surface area contributed by atoms with Gasteiger partial charge in [-0.3, -0.25) is 0 Å². The second-order valence-corrected chi connectivity index (χ2v) is 6.70. The van der Waals surface area contributed by atoms with Crippen LogP contribution in [0.15, 0.2) is 36.4 Å². The SMILES string of the molecule is CCc1ccc(CC(CCl)Cc2ccc(C)cc2)s1. The highest BCUT2D eigenvalue weighted by Gasteiger charge is 2.11. The zero-order valence-electron chi connectivity index (χ0n) is 11.7. The standard InChI is InChI=1S/C17H21ClS/c1-3-16-8-9-17(19-16)11-15(12-18)10-14-6-4-13(2)5-7-14/h4-9,15H,3,10-12H2,1-2H3. The van der Waals surface area contributed by atoms with E-state index in [1.165, 1.54) is 20.9 Å². The van der Waals surface area contributed by atoms with E-state index < -0.39 is 0 Å². The van der Waals surface area contributed by atoms with Crippen LogP contribution in [0.4, 0.5) is 0 Å². The lowest BCUT2D eigenvalue weighted by Crippen LogP contribution is -2.09. The lowest BCUT2D eigenvalue weighted by Gasteiger charge is -2.13. The van der Waals surface area contributed by atoms with Crippen LogP contribution in [0, 0.1) is 12.8 Å². The molecule has 0 spiro atoms. The number of benzene rings is 1. The van der Waals surface area contributed by atoms with Crippen molar-refractivity contribution in [1.29, 1.82) is 0 Å². The molecule has 0 N–H and O–H groups in total. The van der Waals surface area contributed by atoms with E-state index in [1.807, 2.05) is 11.3 Å². The monoisotopic (exact) mass is 292 g/mol. The topological polar surface area (TPSA) is 0 Å². The van der Waals surface area contributed by atoms with Crippen molar-refractivity contribution in [3.05, 3.63) is 57.3 Å². The largest absolute Gasteiger partial charge is 0.145 e. The molecule has 1 heterocycles. The second-order valence-electron chi connectivity index (χ2n) is 5.14. The summed E-state index contributed by atoms with van der Waals surface area (Å²) in [5.74, 6) is 1.26. The fraction of sp³-hybridized carbons (Fsp3) is 0.412. The second kappa shape index (κ2) is 7.12. The number of hydrogen-bond acceptors (Lipinski definition) is 1. The summed E-state index contributed by atoms with van der Waals surface area (Å²) in [5.41, 5.74) is 2.71. The third-order valence-corrected chi connectivity index (χ3v) is 5.11. The Labute approximate surface area is 125 Å².